The number of rotatable bonds is 3. The predicted octanol–water partition coefficient (Wildman–Crippen LogP) is 2.40. The molecule has 0 atom stereocenters. The zero-order valence-corrected chi connectivity index (χ0v) is 11.5. The molecule has 5 aliphatic rings. The highest BCUT2D eigenvalue weighted by Crippen LogP contribution is 2.53. The van der Waals surface area contributed by atoms with Gasteiger partial charge in [-0.3, -0.25) is 0 Å². The first-order chi connectivity index (χ1) is 8.88. The van der Waals surface area contributed by atoms with Gasteiger partial charge in [-0.15, -0.1) is 0 Å². The fourth-order valence-electron chi connectivity index (χ4n) is 5.65. The summed E-state index contributed by atoms with van der Waals surface area (Å²) < 4.78 is 0. The molecule has 0 aromatic rings. The van der Waals surface area contributed by atoms with Crippen LogP contribution in [0.4, 0.5) is 0 Å². The largest absolute Gasteiger partial charge is 0.317 e. The van der Waals surface area contributed by atoms with Crippen molar-refractivity contribution < 1.29 is 0 Å². The summed E-state index contributed by atoms with van der Waals surface area (Å²) in [6.07, 6.45) is 10.6. The minimum atomic E-state index is 0.896. The Bertz CT molecular complexity index is 267. The van der Waals surface area contributed by atoms with Crippen LogP contribution in [0, 0.1) is 29.6 Å². The Morgan fingerprint density at radius 3 is 2.06 bits per heavy atom. The third-order valence-electron chi connectivity index (χ3n) is 6.33. The maximum Gasteiger partial charge on any atom is 0.0124 e. The molecule has 0 unspecified atom stereocenters. The molecule has 18 heavy (non-hydrogen) atoms. The van der Waals surface area contributed by atoms with Gasteiger partial charge in [-0.1, -0.05) is 0 Å². The minimum absolute atomic E-state index is 0.896. The summed E-state index contributed by atoms with van der Waals surface area (Å²) in [4.78, 5) is 0. The number of piperidine rings is 1. The zero-order chi connectivity index (χ0) is 11.9. The third-order valence-corrected chi connectivity index (χ3v) is 6.33. The molecule has 4 aliphatic carbocycles. The van der Waals surface area contributed by atoms with E-state index in [4.69, 9.17) is 0 Å². The summed E-state index contributed by atoms with van der Waals surface area (Å²) in [5, 5.41) is 7.48. The smallest absolute Gasteiger partial charge is 0.0124 e. The van der Waals surface area contributed by atoms with Crippen LogP contribution >= 0.6 is 0 Å². The second-order valence-electron chi connectivity index (χ2n) is 7.56. The normalized spacial score (nSPS) is 47.7. The van der Waals surface area contributed by atoms with Gasteiger partial charge >= 0.3 is 0 Å². The molecule has 2 N–H and O–H groups in total. The van der Waals surface area contributed by atoms with E-state index in [0.717, 1.165) is 35.6 Å². The molecular weight excluding hydrogens is 220 g/mol. The average Bonchev–Trinajstić information content (AvgIpc) is 2.38. The fraction of sp³-hybridized carbons (Fsp3) is 1.00. The van der Waals surface area contributed by atoms with Crippen molar-refractivity contribution in [3.05, 3.63) is 0 Å². The molecule has 0 spiro atoms. The third kappa shape index (κ3) is 2.12. The molecule has 4 saturated carbocycles. The van der Waals surface area contributed by atoms with Crippen molar-refractivity contribution in [3.63, 3.8) is 0 Å². The lowest BCUT2D eigenvalue weighted by molar-refractivity contribution is -0.0151. The lowest BCUT2D eigenvalue weighted by atomic mass is 9.54. The van der Waals surface area contributed by atoms with Gasteiger partial charge in [-0.05, 0) is 94.2 Å². The van der Waals surface area contributed by atoms with Crippen LogP contribution < -0.4 is 10.6 Å². The van der Waals surface area contributed by atoms with Crippen LogP contribution in [0.15, 0.2) is 0 Å². The molecule has 2 nitrogen and oxygen atoms in total. The molecule has 0 radical (unpaired) electrons. The second-order valence-corrected chi connectivity index (χ2v) is 7.56. The van der Waals surface area contributed by atoms with Gasteiger partial charge in [-0.25, -0.2) is 0 Å². The molecule has 5 fully saturated rings. The van der Waals surface area contributed by atoms with E-state index in [1.807, 2.05) is 0 Å². The topological polar surface area (TPSA) is 24.1 Å². The van der Waals surface area contributed by atoms with Crippen molar-refractivity contribution in [1.29, 1.82) is 0 Å². The van der Waals surface area contributed by atoms with Gasteiger partial charge in [0.15, 0.2) is 0 Å². The van der Waals surface area contributed by atoms with Crippen LogP contribution in [0.1, 0.15) is 44.9 Å². The minimum Gasteiger partial charge on any atom is -0.317 e. The molecule has 1 aliphatic heterocycles. The molecule has 0 aromatic carbocycles. The van der Waals surface area contributed by atoms with Gasteiger partial charge in [-0.2, -0.15) is 0 Å². The van der Waals surface area contributed by atoms with Gasteiger partial charge in [0.1, 0.15) is 0 Å². The van der Waals surface area contributed by atoms with Crippen LogP contribution in [0.3, 0.4) is 0 Å². The standard InChI is InChI=1S/C16H28N2/c1-3-17-4-2-11(1)10-18-16-14-6-12-5-13(8-14)9-15(16)7-12/h11-18H,1-10H2. The Morgan fingerprint density at radius 1 is 0.833 bits per heavy atom. The Balaban J connectivity index is 1.34. The van der Waals surface area contributed by atoms with E-state index in [0.29, 0.717) is 0 Å². The Morgan fingerprint density at radius 2 is 1.44 bits per heavy atom. The predicted molar refractivity (Wildman–Crippen MR) is 74.4 cm³/mol. The monoisotopic (exact) mass is 248 g/mol. The van der Waals surface area contributed by atoms with E-state index in [-0.39, 0.29) is 0 Å². The van der Waals surface area contributed by atoms with Crippen molar-refractivity contribution >= 4 is 0 Å². The lowest BCUT2D eigenvalue weighted by Gasteiger charge is -2.55. The summed E-state index contributed by atoms with van der Waals surface area (Å²) in [5.74, 6) is 5.27. The first kappa shape index (κ1) is 11.7. The number of hydrogen-bond donors (Lipinski definition) is 2. The van der Waals surface area contributed by atoms with E-state index < -0.39 is 0 Å². The molecular formula is C16H28N2. The second kappa shape index (κ2) is 4.79. The molecule has 0 aromatic heterocycles. The van der Waals surface area contributed by atoms with E-state index in [1.54, 1.807) is 32.1 Å². The van der Waals surface area contributed by atoms with Crippen molar-refractivity contribution in [2.75, 3.05) is 19.6 Å². The molecule has 2 heteroatoms. The highest BCUT2D eigenvalue weighted by Gasteiger charge is 2.47. The van der Waals surface area contributed by atoms with Gasteiger partial charge in [0.25, 0.3) is 0 Å². The van der Waals surface area contributed by atoms with Crippen molar-refractivity contribution in [1.82, 2.24) is 10.6 Å². The molecule has 1 saturated heterocycles. The maximum absolute atomic E-state index is 4.01. The number of hydrogen-bond acceptors (Lipinski definition) is 2. The SMILES string of the molecule is C1CC(CNC2C3CC4CC(C3)CC2C4)CCN1. The van der Waals surface area contributed by atoms with Crippen LogP contribution in [-0.4, -0.2) is 25.7 Å². The van der Waals surface area contributed by atoms with Crippen LogP contribution in [0.25, 0.3) is 0 Å². The van der Waals surface area contributed by atoms with E-state index in [9.17, 15) is 0 Å². The quantitative estimate of drug-likeness (QED) is 0.801. The summed E-state index contributed by atoms with van der Waals surface area (Å²) in [6.45, 7) is 3.79. The molecule has 0 amide bonds. The van der Waals surface area contributed by atoms with E-state index >= 15 is 0 Å². The number of nitrogens with one attached hydrogen (secondary N) is 2. The first-order valence-corrected chi connectivity index (χ1v) is 8.32. The van der Waals surface area contributed by atoms with Gasteiger partial charge in [0, 0.05) is 6.04 Å². The maximum atomic E-state index is 4.01. The molecule has 5 rings (SSSR count). The van der Waals surface area contributed by atoms with E-state index in [1.165, 1.54) is 32.5 Å². The Kier molecular flexibility index (Phi) is 3.12. The van der Waals surface area contributed by atoms with Crippen molar-refractivity contribution in [2.45, 2.75) is 51.0 Å². The fourth-order valence-corrected chi connectivity index (χ4v) is 5.65. The van der Waals surface area contributed by atoms with Crippen LogP contribution in [0.5, 0.6) is 0 Å². The summed E-state index contributed by atoms with van der Waals surface area (Å²) in [6, 6.07) is 0.896. The van der Waals surface area contributed by atoms with Crippen molar-refractivity contribution in [2.24, 2.45) is 29.6 Å². The first-order valence-electron chi connectivity index (χ1n) is 8.32. The zero-order valence-electron chi connectivity index (χ0n) is 11.5. The highest BCUT2D eigenvalue weighted by molar-refractivity contribution is 5.01. The molecule has 102 valence electrons. The summed E-state index contributed by atoms with van der Waals surface area (Å²) >= 11 is 0. The van der Waals surface area contributed by atoms with Gasteiger partial charge in [0.05, 0.1) is 0 Å². The van der Waals surface area contributed by atoms with Crippen LogP contribution in [-0.2, 0) is 0 Å². The lowest BCUT2D eigenvalue weighted by Crippen LogP contribution is -2.55. The molecule has 4 bridgehead atoms. The Labute approximate surface area is 111 Å². The Hall–Kier alpha value is -0.0800. The summed E-state index contributed by atoms with van der Waals surface area (Å²) in [7, 11) is 0. The van der Waals surface area contributed by atoms with Gasteiger partial charge < -0.3 is 10.6 Å². The van der Waals surface area contributed by atoms with E-state index in [2.05, 4.69) is 10.6 Å². The summed E-state index contributed by atoms with van der Waals surface area (Å²) in [5.41, 5.74) is 0. The average molecular weight is 248 g/mol. The van der Waals surface area contributed by atoms with Crippen molar-refractivity contribution in [3.8, 4) is 0 Å². The van der Waals surface area contributed by atoms with Crippen LogP contribution in [0.2, 0.25) is 0 Å². The molecule has 1 heterocycles. The highest BCUT2D eigenvalue weighted by atomic mass is 15.0. The van der Waals surface area contributed by atoms with Gasteiger partial charge in [0.2, 0.25) is 0 Å².